The number of esters is 1. The summed E-state index contributed by atoms with van der Waals surface area (Å²) in [4.78, 5) is 24.2. The standard InChI is InChI=1S/C20H21BrN2O6S/c21-17-5-2-4-16(12-17)20(25)22-13-19(24)29-14-15-3-1-6-18(11-15)30(26,27)23-7-9-28-10-8-23/h1-6,11-12H,7-10,13-14H2,(H,22,25). The number of amides is 1. The van der Waals surface area contributed by atoms with Gasteiger partial charge in [-0.15, -0.1) is 0 Å². The van der Waals surface area contributed by atoms with Crippen molar-refractivity contribution in [2.24, 2.45) is 0 Å². The Balaban J connectivity index is 1.53. The monoisotopic (exact) mass is 496 g/mol. The van der Waals surface area contributed by atoms with Crippen LogP contribution in [0.2, 0.25) is 0 Å². The van der Waals surface area contributed by atoms with Gasteiger partial charge in [0.2, 0.25) is 10.0 Å². The van der Waals surface area contributed by atoms with E-state index < -0.39 is 21.9 Å². The van der Waals surface area contributed by atoms with Gasteiger partial charge in [0.05, 0.1) is 18.1 Å². The maximum absolute atomic E-state index is 12.7. The molecule has 0 spiro atoms. The van der Waals surface area contributed by atoms with Crippen LogP contribution in [-0.4, -0.2) is 57.4 Å². The van der Waals surface area contributed by atoms with E-state index in [0.717, 1.165) is 4.47 Å². The van der Waals surface area contributed by atoms with Crippen LogP contribution in [0.1, 0.15) is 15.9 Å². The molecule has 0 aliphatic carbocycles. The molecule has 1 N–H and O–H groups in total. The normalized spacial score (nSPS) is 14.8. The maximum atomic E-state index is 12.7. The summed E-state index contributed by atoms with van der Waals surface area (Å²) < 4.78 is 37.9. The van der Waals surface area contributed by atoms with Crippen LogP contribution in [0, 0.1) is 0 Å². The number of nitrogens with zero attached hydrogens (tertiary/aromatic N) is 1. The first-order valence-electron chi connectivity index (χ1n) is 9.22. The van der Waals surface area contributed by atoms with Crippen LogP contribution in [0.25, 0.3) is 0 Å². The van der Waals surface area contributed by atoms with Crippen molar-refractivity contribution in [3.8, 4) is 0 Å². The van der Waals surface area contributed by atoms with E-state index in [1.54, 1.807) is 36.4 Å². The summed E-state index contributed by atoms with van der Waals surface area (Å²) in [6.45, 7) is 0.942. The largest absolute Gasteiger partial charge is 0.460 e. The van der Waals surface area contributed by atoms with E-state index in [4.69, 9.17) is 9.47 Å². The number of sulfonamides is 1. The van der Waals surface area contributed by atoms with Crippen LogP contribution in [0.5, 0.6) is 0 Å². The highest BCUT2D eigenvalue weighted by Crippen LogP contribution is 2.19. The van der Waals surface area contributed by atoms with Gasteiger partial charge in [-0.25, -0.2) is 8.42 Å². The summed E-state index contributed by atoms with van der Waals surface area (Å²) in [5.41, 5.74) is 0.953. The van der Waals surface area contributed by atoms with Gasteiger partial charge in [-0.1, -0.05) is 34.1 Å². The molecular formula is C20H21BrN2O6S. The zero-order chi connectivity index (χ0) is 21.6. The van der Waals surface area contributed by atoms with Crippen LogP contribution >= 0.6 is 15.9 Å². The number of benzene rings is 2. The molecular weight excluding hydrogens is 476 g/mol. The number of morpholine rings is 1. The van der Waals surface area contributed by atoms with Gasteiger partial charge in [0.1, 0.15) is 13.2 Å². The van der Waals surface area contributed by atoms with Gasteiger partial charge < -0.3 is 14.8 Å². The lowest BCUT2D eigenvalue weighted by atomic mass is 10.2. The maximum Gasteiger partial charge on any atom is 0.325 e. The summed E-state index contributed by atoms with van der Waals surface area (Å²) in [7, 11) is -3.63. The molecule has 30 heavy (non-hydrogen) atoms. The van der Waals surface area contributed by atoms with Crippen molar-refractivity contribution in [3.63, 3.8) is 0 Å². The van der Waals surface area contributed by atoms with Crippen molar-refractivity contribution in [2.45, 2.75) is 11.5 Å². The van der Waals surface area contributed by atoms with Gasteiger partial charge in [0.15, 0.2) is 0 Å². The van der Waals surface area contributed by atoms with Crippen molar-refractivity contribution >= 4 is 37.8 Å². The van der Waals surface area contributed by atoms with Gasteiger partial charge in [-0.2, -0.15) is 4.31 Å². The van der Waals surface area contributed by atoms with Crippen molar-refractivity contribution in [1.29, 1.82) is 0 Å². The fourth-order valence-electron chi connectivity index (χ4n) is 2.83. The summed E-state index contributed by atoms with van der Waals surface area (Å²) in [5, 5.41) is 2.49. The Bertz CT molecular complexity index is 1020. The molecule has 10 heteroatoms. The lowest BCUT2D eigenvalue weighted by Gasteiger charge is -2.26. The molecule has 1 fully saturated rings. The molecule has 1 amide bonds. The number of rotatable bonds is 7. The molecule has 0 saturated carbocycles. The molecule has 1 aliphatic heterocycles. The number of hydrogen-bond acceptors (Lipinski definition) is 6. The molecule has 8 nitrogen and oxygen atoms in total. The van der Waals surface area contributed by atoms with E-state index in [2.05, 4.69) is 21.2 Å². The van der Waals surface area contributed by atoms with Crippen LogP contribution < -0.4 is 5.32 Å². The van der Waals surface area contributed by atoms with Crippen LogP contribution in [0.4, 0.5) is 0 Å². The van der Waals surface area contributed by atoms with Crippen LogP contribution in [-0.2, 0) is 30.9 Å². The molecule has 0 radical (unpaired) electrons. The van der Waals surface area contributed by atoms with Crippen LogP contribution in [0.3, 0.4) is 0 Å². The van der Waals surface area contributed by atoms with E-state index in [1.807, 2.05) is 0 Å². The third kappa shape index (κ3) is 5.88. The van der Waals surface area contributed by atoms with Gasteiger partial charge in [0.25, 0.3) is 5.91 Å². The van der Waals surface area contributed by atoms with E-state index in [9.17, 15) is 18.0 Å². The van der Waals surface area contributed by atoms with Crippen molar-refractivity contribution in [1.82, 2.24) is 9.62 Å². The Morgan fingerprint density at radius 2 is 1.83 bits per heavy atom. The smallest absolute Gasteiger partial charge is 0.325 e. The van der Waals surface area contributed by atoms with E-state index >= 15 is 0 Å². The predicted octanol–water partition coefficient (Wildman–Crippen LogP) is 1.94. The van der Waals surface area contributed by atoms with Crippen LogP contribution in [0.15, 0.2) is 57.9 Å². The minimum Gasteiger partial charge on any atom is -0.460 e. The average Bonchev–Trinajstić information content (AvgIpc) is 2.77. The third-order valence-electron chi connectivity index (χ3n) is 4.39. The number of nitrogens with one attached hydrogen (secondary N) is 1. The van der Waals surface area contributed by atoms with Crippen molar-refractivity contribution in [2.75, 3.05) is 32.8 Å². The van der Waals surface area contributed by atoms with Gasteiger partial charge in [-0.05, 0) is 35.9 Å². The zero-order valence-corrected chi connectivity index (χ0v) is 18.4. The SMILES string of the molecule is O=C(CNC(=O)c1cccc(Br)c1)OCc1cccc(S(=O)(=O)N2CCOCC2)c1. The van der Waals surface area contributed by atoms with Crippen molar-refractivity contribution < 1.29 is 27.5 Å². The minimum absolute atomic E-state index is 0.0991. The minimum atomic E-state index is -3.63. The Hall–Kier alpha value is -2.27. The molecule has 2 aromatic rings. The first kappa shape index (κ1) is 22.4. The number of halogens is 1. The second kappa shape index (κ2) is 10.2. The molecule has 0 atom stereocenters. The molecule has 160 valence electrons. The van der Waals surface area contributed by atoms with E-state index in [1.165, 1.54) is 16.4 Å². The second-order valence-electron chi connectivity index (χ2n) is 6.52. The van der Waals surface area contributed by atoms with E-state index in [0.29, 0.717) is 37.4 Å². The quantitative estimate of drug-likeness (QED) is 0.587. The highest BCUT2D eigenvalue weighted by molar-refractivity contribution is 9.10. The predicted molar refractivity (Wildman–Crippen MR) is 112 cm³/mol. The van der Waals surface area contributed by atoms with Gasteiger partial charge in [-0.3, -0.25) is 9.59 Å². The first-order chi connectivity index (χ1) is 14.4. The molecule has 0 bridgehead atoms. The lowest BCUT2D eigenvalue weighted by molar-refractivity contribution is -0.143. The molecule has 1 heterocycles. The molecule has 0 aromatic heterocycles. The Kier molecular flexibility index (Phi) is 7.59. The zero-order valence-electron chi connectivity index (χ0n) is 16.0. The number of carbonyl (C=O) groups is 2. The Labute approximate surface area is 183 Å². The molecule has 1 saturated heterocycles. The Morgan fingerprint density at radius 3 is 2.57 bits per heavy atom. The lowest BCUT2D eigenvalue weighted by Crippen LogP contribution is -2.40. The highest BCUT2D eigenvalue weighted by atomic mass is 79.9. The Morgan fingerprint density at radius 1 is 1.10 bits per heavy atom. The molecule has 2 aromatic carbocycles. The van der Waals surface area contributed by atoms with Crippen molar-refractivity contribution in [3.05, 3.63) is 64.1 Å². The number of ether oxygens (including phenoxy) is 2. The summed E-state index contributed by atoms with van der Waals surface area (Å²) >= 11 is 3.28. The van der Waals surface area contributed by atoms with Gasteiger partial charge >= 0.3 is 5.97 Å². The number of hydrogen-bond donors (Lipinski definition) is 1. The molecule has 1 aliphatic rings. The summed E-state index contributed by atoms with van der Waals surface area (Å²) in [6, 6.07) is 13.0. The van der Waals surface area contributed by atoms with E-state index in [-0.39, 0.29) is 18.0 Å². The fraction of sp³-hybridized carbons (Fsp3) is 0.300. The summed E-state index contributed by atoms with van der Waals surface area (Å²) in [5.74, 6) is -1.02. The molecule has 3 rings (SSSR count). The topological polar surface area (TPSA) is 102 Å². The second-order valence-corrected chi connectivity index (χ2v) is 9.37. The average molecular weight is 497 g/mol. The summed E-state index contributed by atoms with van der Waals surface area (Å²) in [6.07, 6.45) is 0. The van der Waals surface area contributed by atoms with Gasteiger partial charge in [0, 0.05) is 23.1 Å². The number of carbonyl (C=O) groups excluding carboxylic acids is 2. The molecule has 0 unspecified atom stereocenters. The third-order valence-corrected chi connectivity index (χ3v) is 6.77. The highest BCUT2D eigenvalue weighted by Gasteiger charge is 2.26. The fourth-order valence-corrected chi connectivity index (χ4v) is 4.71. The first-order valence-corrected chi connectivity index (χ1v) is 11.5.